The summed E-state index contributed by atoms with van der Waals surface area (Å²) in [6.07, 6.45) is 3.71. The largest absolute Gasteiger partial charge is 0.543 e. The minimum atomic E-state index is -1.32. The number of halogens is 2. The van der Waals surface area contributed by atoms with Gasteiger partial charge in [0, 0.05) is 11.8 Å². The van der Waals surface area contributed by atoms with Crippen molar-refractivity contribution in [2.24, 2.45) is 12.8 Å². The molecule has 0 saturated carbocycles. The van der Waals surface area contributed by atoms with Crippen molar-refractivity contribution in [2.45, 2.75) is 18.0 Å². The van der Waals surface area contributed by atoms with Crippen LogP contribution >= 0.6 is 48.1 Å². The third-order valence-corrected chi connectivity index (χ3v) is 4.96. The van der Waals surface area contributed by atoms with E-state index in [-0.39, 0.29) is 53.4 Å². The van der Waals surface area contributed by atoms with E-state index in [0.29, 0.717) is 17.9 Å². The van der Waals surface area contributed by atoms with Gasteiger partial charge < -0.3 is 15.6 Å². The van der Waals surface area contributed by atoms with Crippen LogP contribution in [-0.2, 0) is 23.2 Å². The molecule has 1 aromatic rings. The average molecular weight is 459 g/mol. The molecule has 0 aliphatic carbocycles. The molecule has 7 nitrogen and oxygen atoms in total. The number of β-lactam (4-membered cyclic amide) rings is 1. The number of thioether (sulfide) groups is 1. The molecule has 2 N–H and O–H groups in total. The van der Waals surface area contributed by atoms with Crippen molar-refractivity contribution in [2.75, 3.05) is 5.75 Å². The van der Waals surface area contributed by atoms with Gasteiger partial charge in [-0.15, -0.1) is 52.8 Å². The lowest BCUT2D eigenvalue weighted by Crippen LogP contribution is -2.69. The third-order valence-electron chi connectivity index (χ3n) is 3.60. The summed E-state index contributed by atoms with van der Waals surface area (Å²) in [4.78, 5) is 24.4. The molecule has 2 aliphatic heterocycles. The van der Waals surface area contributed by atoms with Crippen LogP contribution in [0.25, 0.3) is 0 Å². The standard InChI is InChI=1S/C12H14N4O3S.ClH.HI/c1-14-3-2-4-15(14)5-7-6-20-11-8(13)10(17)16(11)9(7)12(18)19;;/h2-4,8,11H,5-6,13H2,1H3;2*1H/t8-,11-;;/m1../s1. The smallest absolute Gasteiger partial charge is 0.248 e. The summed E-state index contributed by atoms with van der Waals surface area (Å²) in [5, 5.41) is 11.1. The monoisotopic (exact) mass is 458 g/mol. The fourth-order valence-corrected chi connectivity index (χ4v) is 3.79. The van der Waals surface area contributed by atoms with Crippen molar-refractivity contribution in [1.29, 1.82) is 0 Å². The molecule has 0 spiro atoms. The number of aryl methyl sites for hydroxylation is 1. The number of hydrogen-bond donors (Lipinski definition) is 1. The van der Waals surface area contributed by atoms with E-state index >= 15 is 0 Å². The highest BCUT2D eigenvalue weighted by Crippen LogP contribution is 2.39. The van der Waals surface area contributed by atoms with Crippen LogP contribution in [0.5, 0.6) is 0 Å². The number of carboxylic acid groups (broad SMARTS) is 1. The molecule has 2 atom stereocenters. The zero-order chi connectivity index (χ0) is 14.4. The molecular weight excluding hydrogens is 443 g/mol. The number of carboxylic acids is 1. The number of carbonyl (C=O) groups is 2. The first-order chi connectivity index (χ1) is 9.50. The Balaban J connectivity index is 0.00000121. The minimum absolute atomic E-state index is 0. The Labute approximate surface area is 154 Å². The Kier molecular flexibility index (Phi) is 6.30. The third kappa shape index (κ3) is 2.99. The van der Waals surface area contributed by atoms with E-state index in [4.69, 9.17) is 5.73 Å². The second-order valence-electron chi connectivity index (χ2n) is 4.84. The number of carbonyl (C=O) groups excluding carboxylic acids is 2. The molecule has 2 aliphatic rings. The van der Waals surface area contributed by atoms with Crippen LogP contribution in [0.4, 0.5) is 0 Å². The number of aliphatic carboxylic acids is 1. The Hall–Kier alpha value is -0.780. The molecular formula is C12H16ClIN4O3S. The molecule has 3 heterocycles. The summed E-state index contributed by atoms with van der Waals surface area (Å²) >= 11 is 1.49. The van der Waals surface area contributed by atoms with Gasteiger partial charge in [-0.2, -0.15) is 4.68 Å². The first-order valence-corrected chi connectivity index (χ1v) is 7.20. The number of amides is 1. The number of rotatable bonds is 3. The number of fused-ring (bicyclic) bond motifs is 1. The molecule has 3 rings (SSSR count). The van der Waals surface area contributed by atoms with E-state index in [2.05, 4.69) is 0 Å². The maximum atomic E-state index is 11.8. The summed E-state index contributed by atoms with van der Waals surface area (Å²) in [5.74, 6) is -1.14. The highest BCUT2D eigenvalue weighted by atomic mass is 127. The van der Waals surface area contributed by atoms with Crippen molar-refractivity contribution in [3.8, 4) is 0 Å². The molecule has 1 fully saturated rings. The van der Waals surface area contributed by atoms with E-state index in [0.717, 1.165) is 0 Å². The Morgan fingerprint density at radius 3 is 2.82 bits per heavy atom. The number of nitrogens with zero attached hydrogens (tertiary/aromatic N) is 3. The van der Waals surface area contributed by atoms with Crippen molar-refractivity contribution < 1.29 is 19.4 Å². The molecule has 22 heavy (non-hydrogen) atoms. The summed E-state index contributed by atoms with van der Waals surface area (Å²) in [6.45, 7) is 0.408. The van der Waals surface area contributed by atoms with Gasteiger partial charge in [-0.3, -0.25) is 9.69 Å². The Bertz CT molecular complexity index is 636. The summed E-state index contributed by atoms with van der Waals surface area (Å²) in [5.41, 5.74) is 6.33. The zero-order valence-corrected chi connectivity index (χ0v) is 15.6. The molecule has 0 unspecified atom stereocenters. The SMILES string of the molecule is C[n+]1cccn1CC1=C(C(=O)[O-])N2C(=O)[C@@H](N)[C@H]2SC1.Cl.I. The second kappa shape index (κ2) is 7.20. The molecule has 1 amide bonds. The fourth-order valence-electron chi connectivity index (χ4n) is 2.50. The molecule has 122 valence electrons. The van der Waals surface area contributed by atoms with Gasteiger partial charge in [0.2, 0.25) is 5.91 Å². The van der Waals surface area contributed by atoms with Crippen LogP contribution in [-0.4, -0.2) is 38.6 Å². The van der Waals surface area contributed by atoms with Gasteiger partial charge in [-0.1, -0.05) is 0 Å². The summed E-state index contributed by atoms with van der Waals surface area (Å²) < 4.78 is 3.71. The number of aromatic nitrogens is 2. The van der Waals surface area contributed by atoms with Gasteiger partial charge in [-0.25, -0.2) is 0 Å². The lowest BCUT2D eigenvalue weighted by molar-refractivity contribution is -0.752. The van der Waals surface area contributed by atoms with Crippen molar-refractivity contribution in [3.05, 3.63) is 29.7 Å². The molecule has 10 heteroatoms. The number of nitrogens with two attached hydrogens (primary N) is 1. The zero-order valence-electron chi connectivity index (χ0n) is 11.7. The molecule has 1 saturated heterocycles. The van der Waals surface area contributed by atoms with Gasteiger partial charge >= 0.3 is 0 Å². The van der Waals surface area contributed by atoms with Crippen LogP contribution in [0.15, 0.2) is 29.7 Å². The van der Waals surface area contributed by atoms with E-state index in [1.807, 2.05) is 34.9 Å². The van der Waals surface area contributed by atoms with Gasteiger partial charge in [0.1, 0.15) is 18.0 Å². The van der Waals surface area contributed by atoms with E-state index in [1.54, 1.807) is 0 Å². The van der Waals surface area contributed by atoms with E-state index in [1.165, 1.54) is 16.7 Å². The first kappa shape index (κ1) is 19.3. The van der Waals surface area contributed by atoms with Gasteiger partial charge in [-0.05, 0) is 5.57 Å². The topological polar surface area (TPSA) is 95.3 Å². The molecule has 1 aromatic heterocycles. The van der Waals surface area contributed by atoms with Crippen molar-refractivity contribution >= 4 is 60.0 Å². The lowest BCUT2D eigenvalue weighted by Gasteiger charge is -2.49. The summed E-state index contributed by atoms with van der Waals surface area (Å²) in [6, 6.07) is 1.25. The first-order valence-electron chi connectivity index (χ1n) is 6.15. The Morgan fingerprint density at radius 1 is 1.59 bits per heavy atom. The average Bonchev–Trinajstić information content (AvgIpc) is 2.82. The molecule has 0 bridgehead atoms. The fraction of sp³-hybridized carbons (Fsp3) is 0.417. The van der Waals surface area contributed by atoms with Crippen LogP contribution < -0.4 is 15.5 Å². The van der Waals surface area contributed by atoms with Crippen LogP contribution in [0, 0.1) is 0 Å². The van der Waals surface area contributed by atoms with Gasteiger partial charge in [0.25, 0.3) is 0 Å². The van der Waals surface area contributed by atoms with E-state index in [9.17, 15) is 14.7 Å². The normalized spacial score (nSPS) is 23.2. The maximum Gasteiger partial charge on any atom is 0.248 e. The van der Waals surface area contributed by atoms with Crippen molar-refractivity contribution in [1.82, 2.24) is 9.58 Å². The second-order valence-corrected chi connectivity index (χ2v) is 5.94. The minimum Gasteiger partial charge on any atom is -0.543 e. The van der Waals surface area contributed by atoms with Crippen LogP contribution in [0.3, 0.4) is 0 Å². The highest BCUT2D eigenvalue weighted by Gasteiger charge is 2.50. The van der Waals surface area contributed by atoms with E-state index < -0.39 is 12.0 Å². The Morgan fingerprint density at radius 2 is 2.27 bits per heavy atom. The molecule has 0 radical (unpaired) electrons. The van der Waals surface area contributed by atoms with Crippen LogP contribution in [0.1, 0.15) is 0 Å². The van der Waals surface area contributed by atoms with Crippen LogP contribution in [0.2, 0.25) is 0 Å². The van der Waals surface area contributed by atoms with Crippen molar-refractivity contribution in [3.63, 3.8) is 0 Å². The summed E-state index contributed by atoms with van der Waals surface area (Å²) in [7, 11) is 1.86. The quantitative estimate of drug-likeness (QED) is 0.341. The maximum absolute atomic E-state index is 11.8. The predicted octanol–water partition coefficient (Wildman–Crippen LogP) is -1.40. The predicted molar refractivity (Wildman–Crippen MR) is 91.4 cm³/mol. The van der Waals surface area contributed by atoms with Gasteiger partial charge in [0.05, 0.1) is 17.9 Å². The van der Waals surface area contributed by atoms with Gasteiger partial charge in [0.15, 0.2) is 13.2 Å². The highest BCUT2D eigenvalue weighted by molar-refractivity contribution is 14.0. The lowest BCUT2D eigenvalue weighted by atomic mass is 10.0. The molecule has 0 aromatic carbocycles. The number of hydrogen-bond acceptors (Lipinski definition) is 5.